The van der Waals surface area contributed by atoms with Gasteiger partial charge in [0.25, 0.3) is 5.91 Å². The molecule has 2 atom stereocenters. The van der Waals surface area contributed by atoms with Crippen molar-refractivity contribution in [1.29, 1.82) is 0 Å². The number of carbonyl (C=O) groups is 3. The second kappa shape index (κ2) is 9.35. The molecule has 2 unspecified atom stereocenters. The normalized spacial score (nSPS) is 18.8. The van der Waals surface area contributed by atoms with Crippen LogP contribution >= 0.6 is 11.6 Å². The quantitative estimate of drug-likeness (QED) is 0.674. The molecular formula is C17H22ClN3O6S. The van der Waals surface area contributed by atoms with E-state index in [2.05, 4.69) is 5.32 Å². The SMILES string of the molecule is CNC(=O)NC(=O)C(C)OC(=O)C1CCCN(S(=O)(=O)c2ccc(Cl)cc2)C1. The molecule has 0 spiro atoms. The lowest BCUT2D eigenvalue weighted by Gasteiger charge is -2.31. The molecule has 0 aliphatic carbocycles. The summed E-state index contributed by atoms with van der Waals surface area (Å²) >= 11 is 5.80. The average molecular weight is 432 g/mol. The molecule has 1 heterocycles. The number of rotatable bonds is 5. The minimum atomic E-state index is -3.77. The van der Waals surface area contributed by atoms with Crippen LogP contribution in [0, 0.1) is 5.92 Å². The molecule has 1 fully saturated rings. The summed E-state index contributed by atoms with van der Waals surface area (Å²) in [6.45, 7) is 1.57. The van der Waals surface area contributed by atoms with Crippen molar-refractivity contribution in [3.63, 3.8) is 0 Å². The van der Waals surface area contributed by atoms with E-state index in [1.165, 1.54) is 42.5 Å². The molecule has 2 N–H and O–H groups in total. The van der Waals surface area contributed by atoms with Crippen molar-refractivity contribution in [3.8, 4) is 0 Å². The number of amides is 3. The van der Waals surface area contributed by atoms with E-state index in [-0.39, 0.29) is 18.0 Å². The molecule has 0 radical (unpaired) electrons. The zero-order valence-electron chi connectivity index (χ0n) is 15.5. The summed E-state index contributed by atoms with van der Waals surface area (Å²) < 4.78 is 31.9. The number of carbonyl (C=O) groups excluding carboxylic acids is 3. The minimum absolute atomic E-state index is 0.0480. The lowest BCUT2D eigenvalue weighted by atomic mass is 10.00. The molecule has 1 aliphatic rings. The lowest BCUT2D eigenvalue weighted by Crippen LogP contribution is -2.46. The van der Waals surface area contributed by atoms with Crippen LogP contribution < -0.4 is 10.6 Å². The van der Waals surface area contributed by atoms with E-state index >= 15 is 0 Å². The van der Waals surface area contributed by atoms with Crippen LogP contribution in [0.4, 0.5) is 4.79 Å². The maximum Gasteiger partial charge on any atom is 0.321 e. The summed E-state index contributed by atoms with van der Waals surface area (Å²) in [5.74, 6) is -2.16. The molecule has 154 valence electrons. The predicted octanol–water partition coefficient (Wildman–Crippen LogP) is 1.13. The van der Waals surface area contributed by atoms with Crippen LogP contribution in [-0.4, -0.2) is 56.9 Å². The van der Waals surface area contributed by atoms with Gasteiger partial charge in [0.2, 0.25) is 10.0 Å². The number of imide groups is 1. The summed E-state index contributed by atoms with van der Waals surface area (Å²) in [4.78, 5) is 35.4. The number of ether oxygens (including phenoxy) is 1. The Labute approximate surface area is 168 Å². The minimum Gasteiger partial charge on any atom is -0.452 e. The van der Waals surface area contributed by atoms with Crippen molar-refractivity contribution in [2.24, 2.45) is 5.92 Å². The molecule has 28 heavy (non-hydrogen) atoms. The Hall–Kier alpha value is -2.17. The fourth-order valence-electron chi connectivity index (χ4n) is 2.71. The summed E-state index contributed by atoms with van der Waals surface area (Å²) in [5, 5.41) is 4.65. The zero-order valence-corrected chi connectivity index (χ0v) is 17.0. The fourth-order valence-corrected chi connectivity index (χ4v) is 4.36. The molecule has 1 saturated heterocycles. The number of hydrogen-bond acceptors (Lipinski definition) is 6. The van der Waals surface area contributed by atoms with Crippen molar-refractivity contribution >= 4 is 39.5 Å². The third kappa shape index (κ3) is 5.43. The lowest BCUT2D eigenvalue weighted by molar-refractivity contribution is -0.159. The van der Waals surface area contributed by atoms with Gasteiger partial charge in [-0.2, -0.15) is 4.31 Å². The number of sulfonamides is 1. The first-order chi connectivity index (χ1) is 13.1. The summed E-state index contributed by atoms with van der Waals surface area (Å²) in [7, 11) is -2.43. The monoisotopic (exact) mass is 431 g/mol. The number of halogens is 1. The number of hydrogen-bond donors (Lipinski definition) is 2. The van der Waals surface area contributed by atoms with Gasteiger partial charge in [0, 0.05) is 25.2 Å². The highest BCUT2D eigenvalue weighted by Gasteiger charge is 2.35. The van der Waals surface area contributed by atoms with Gasteiger partial charge in [0.1, 0.15) is 0 Å². The average Bonchev–Trinajstić information content (AvgIpc) is 2.68. The van der Waals surface area contributed by atoms with Crippen molar-refractivity contribution in [2.45, 2.75) is 30.8 Å². The highest BCUT2D eigenvalue weighted by Crippen LogP contribution is 2.25. The predicted molar refractivity (Wildman–Crippen MR) is 101 cm³/mol. The van der Waals surface area contributed by atoms with Gasteiger partial charge >= 0.3 is 12.0 Å². The van der Waals surface area contributed by atoms with Gasteiger partial charge in [-0.25, -0.2) is 13.2 Å². The molecule has 9 nitrogen and oxygen atoms in total. The van der Waals surface area contributed by atoms with E-state index in [1.54, 1.807) is 0 Å². The second-order valence-corrected chi connectivity index (χ2v) is 8.68. The molecule has 0 bridgehead atoms. The largest absolute Gasteiger partial charge is 0.452 e. The number of nitrogens with one attached hydrogen (secondary N) is 2. The first-order valence-electron chi connectivity index (χ1n) is 8.64. The molecular weight excluding hydrogens is 410 g/mol. The zero-order chi connectivity index (χ0) is 20.9. The molecule has 11 heteroatoms. The van der Waals surface area contributed by atoms with Gasteiger partial charge in [-0.3, -0.25) is 14.9 Å². The Morgan fingerprint density at radius 1 is 1.25 bits per heavy atom. The fraction of sp³-hybridized carbons (Fsp3) is 0.471. The van der Waals surface area contributed by atoms with Crippen LogP contribution in [0.3, 0.4) is 0 Å². The van der Waals surface area contributed by atoms with Crippen LogP contribution in [0.2, 0.25) is 5.02 Å². The molecule has 3 amide bonds. The molecule has 0 saturated carbocycles. The van der Waals surface area contributed by atoms with Gasteiger partial charge in [0.15, 0.2) is 6.10 Å². The molecule has 2 rings (SSSR count). The van der Waals surface area contributed by atoms with Crippen molar-refractivity contribution < 1.29 is 27.5 Å². The van der Waals surface area contributed by atoms with Gasteiger partial charge in [-0.05, 0) is 44.0 Å². The van der Waals surface area contributed by atoms with Gasteiger partial charge < -0.3 is 10.1 Å². The molecule has 0 aromatic heterocycles. The summed E-state index contributed by atoms with van der Waals surface area (Å²) in [5.41, 5.74) is 0. The number of urea groups is 1. The Kier molecular flexibility index (Phi) is 7.39. The van der Waals surface area contributed by atoms with Crippen LogP contribution in [0.5, 0.6) is 0 Å². The second-order valence-electron chi connectivity index (χ2n) is 6.30. The third-order valence-corrected chi connectivity index (χ3v) is 6.43. The molecule has 1 aromatic carbocycles. The standard InChI is InChI=1S/C17H22ClN3O6S/c1-11(15(22)20-17(24)19-2)27-16(23)12-4-3-9-21(10-12)28(25,26)14-7-5-13(18)6-8-14/h5-8,11-12H,3-4,9-10H2,1-2H3,(H2,19,20,22,24). The van der Waals surface area contributed by atoms with Crippen LogP contribution in [0.25, 0.3) is 0 Å². The summed E-state index contributed by atoms with van der Waals surface area (Å²) in [6.07, 6.45) is -0.270. The first kappa shape index (κ1) is 22.1. The smallest absolute Gasteiger partial charge is 0.321 e. The van der Waals surface area contributed by atoms with E-state index in [0.717, 1.165) is 0 Å². The Balaban J connectivity index is 2.02. The maximum atomic E-state index is 12.8. The Morgan fingerprint density at radius 2 is 1.89 bits per heavy atom. The van der Waals surface area contributed by atoms with Gasteiger partial charge in [-0.15, -0.1) is 0 Å². The number of piperidine rings is 1. The molecule has 1 aliphatic heterocycles. The highest BCUT2D eigenvalue weighted by atomic mass is 35.5. The van der Waals surface area contributed by atoms with E-state index in [1.807, 2.05) is 5.32 Å². The van der Waals surface area contributed by atoms with E-state index in [9.17, 15) is 22.8 Å². The van der Waals surface area contributed by atoms with Crippen LogP contribution in [-0.2, 0) is 24.3 Å². The highest BCUT2D eigenvalue weighted by molar-refractivity contribution is 7.89. The van der Waals surface area contributed by atoms with Gasteiger partial charge in [0.05, 0.1) is 10.8 Å². The van der Waals surface area contributed by atoms with Gasteiger partial charge in [-0.1, -0.05) is 11.6 Å². The number of benzene rings is 1. The maximum absolute atomic E-state index is 12.8. The first-order valence-corrected chi connectivity index (χ1v) is 10.5. The van der Waals surface area contributed by atoms with E-state index in [4.69, 9.17) is 16.3 Å². The Morgan fingerprint density at radius 3 is 2.50 bits per heavy atom. The van der Waals surface area contributed by atoms with E-state index in [0.29, 0.717) is 17.9 Å². The van der Waals surface area contributed by atoms with Crippen molar-refractivity contribution in [1.82, 2.24) is 14.9 Å². The van der Waals surface area contributed by atoms with Crippen LogP contribution in [0.1, 0.15) is 19.8 Å². The van der Waals surface area contributed by atoms with Crippen LogP contribution in [0.15, 0.2) is 29.2 Å². The van der Waals surface area contributed by atoms with Crippen molar-refractivity contribution in [2.75, 3.05) is 20.1 Å². The van der Waals surface area contributed by atoms with Crippen molar-refractivity contribution in [3.05, 3.63) is 29.3 Å². The number of esters is 1. The Bertz CT molecular complexity index is 843. The van der Waals surface area contributed by atoms with E-state index < -0.39 is 40.0 Å². The summed E-state index contributed by atoms with van der Waals surface area (Å²) in [6, 6.07) is 5.06. The molecule has 1 aromatic rings. The number of nitrogens with zero attached hydrogens (tertiary/aromatic N) is 1. The topological polar surface area (TPSA) is 122 Å². The third-order valence-electron chi connectivity index (χ3n) is 4.29.